The number of nitrogens with zero attached hydrogens (tertiary/aromatic N) is 2. The normalized spacial score (nSPS) is 15.4. The van der Waals surface area contributed by atoms with Gasteiger partial charge in [-0.2, -0.15) is 0 Å². The van der Waals surface area contributed by atoms with E-state index in [9.17, 15) is 19.2 Å². The Balaban J connectivity index is 2.00. The van der Waals surface area contributed by atoms with Gasteiger partial charge in [-0.15, -0.1) is 0 Å². The van der Waals surface area contributed by atoms with Crippen LogP contribution in [0.5, 0.6) is 11.5 Å². The van der Waals surface area contributed by atoms with Crippen molar-refractivity contribution in [1.82, 2.24) is 10.4 Å². The van der Waals surface area contributed by atoms with Crippen molar-refractivity contribution in [3.63, 3.8) is 0 Å². The van der Waals surface area contributed by atoms with E-state index in [-0.39, 0.29) is 23.7 Å². The zero-order valence-electron chi connectivity index (χ0n) is 19.7. The van der Waals surface area contributed by atoms with Gasteiger partial charge >= 0.3 is 0 Å². The first kappa shape index (κ1) is 24.8. The molecule has 0 spiro atoms. The molecule has 1 saturated heterocycles. The number of para-hydroxylation sites is 1. The lowest BCUT2D eigenvalue weighted by molar-refractivity contribution is -0.132. The van der Waals surface area contributed by atoms with Crippen molar-refractivity contribution in [3.05, 3.63) is 54.1 Å². The smallest absolute Gasteiger partial charge is 0.276 e. The van der Waals surface area contributed by atoms with Crippen molar-refractivity contribution in [2.75, 3.05) is 19.1 Å². The number of ether oxygens (including phenoxy) is 2. The number of rotatable bonds is 8. The van der Waals surface area contributed by atoms with Crippen LogP contribution in [0.1, 0.15) is 43.5 Å². The highest BCUT2D eigenvalue weighted by molar-refractivity contribution is 6.23. The highest BCUT2D eigenvalue weighted by atomic mass is 16.5. The zero-order chi connectivity index (χ0) is 24.8. The Morgan fingerprint density at radius 3 is 2.41 bits per heavy atom. The second-order valence-electron chi connectivity index (χ2n) is 7.85. The molecule has 1 atom stereocenters. The first-order chi connectivity index (χ1) is 16.4. The molecule has 1 heterocycles. The predicted molar refractivity (Wildman–Crippen MR) is 125 cm³/mol. The molecule has 0 saturated carbocycles. The highest BCUT2D eigenvalue weighted by Gasteiger charge is 2.46. The highest BCUT2D eigenvalue weighted by Crippen LogP contribution is 2.29. The summed E-state index contributed by atoms with van der Waals surface area (Å²) in [6, 6.07) is 11.8. The summed E-state index contributed by atoms with van der Waals surface area (Å²) in [5.74, 6) is -1.73. The molecule has 3 rings (SSSR count). The Morgan fingerprint density at radius 1 is 1.06 bits per heavy atom. The van der Waals surface area contributed by atoms with Crippen LogP contribution in [0, 0.1) is 5.92 Å². The van der Waals surface area contributed by atoms with Crippen LogP contribution in [0.3, 0.4) is 0 Å². The van der Waals surface area contributed by atoms with Gasteiger partial charge in [-0.25, -0.2) is 9.91 Å². The van der Waals surface area contributed by atoms with E-state index in [0.717, 1.165) is 9.91 Å². The van der Waals surface area contributed by atoms with Crippen molar-refractivity contribution >= 4 is 29.3 Å². The monoisotopic (exact) mass is 467 g/mol. The molecule has 180 valence electrons. The summed E-state index contributed by atoms with van der Waals surface area (Å²) < 4.78 is 10.5. The summed E-state index contributed by atoms with van der Waals surface area (Å²) in [5, 5.41) is 0.971. The minimum absolute atomic E-state index is 0.162. The molecule has 34 heavy (non-hydrogen) atoms. The van der Waals surface area contributed by atoms with E-state index in [1.807, 2.05) is 13.8 Å². The van der Waals surface area contributed by atoms with Gasteiger partial charge in [0.2, 0.25) is 11.8 Å². The lowest BCUT2D eigenvalue weighted by atomic mass is 10.0. The van der Waals surface area contributed by atoms with Gasteiger partial charge in [-0.1, -0.05) is 32.0 Å². The molecule has 1 unspecified atom stereocenters. The van der Waals surface area contributed by atoms with Crippen molar-refractivity contribution in [3.8, 4) is 11.5 Å². The molecule has 9 heteroatoms. The van der Waals surface area contributed by atoms with Crippen LogP contribution >= 0.6 is 0 Å². The topological polar surface area (TPSA) is 105 Å². The molecule has 4 amide bonds. The van der Waals surface area contributed by atoms with Gasteiger partial charge in [0.25, 0.3) is 11.8 Å². The van der Waals surface area contributed by atoms with Crippen LogP contribution < -0.4 is 19.8 Å². The third-order valence-electron chi connectivity index (χ3n) is 5.89. The number of hydrogen-bond acceptors (Lipinski definition) is 6. The average Bonchev–Trinajstić information content (AvgIpc) is 3.16. The van der Waals surface area contributed by atoms with Crippen molar-refractivity contribution in [2.45, 2.75) is 39.2 Å². The molecule has 1 aliphatic heterocycles. The number of nitrogens with one attached hydrogen (secondary N) is 1. The molecule has 1 N–H and O–H groups in total. The molecule has 1 fully saturated rings. The summed E-state index contributed by atoms with van der Waals surface area (Å²) in [7, 11) is 2.91. The Labute approximate surface area is 198 Å². The number of methoxy groups -OCH3 is 2. The Morgan fingerprint density at radius 2 is 1.76 bits per heavy atom. The summed E-state index contributed by atoms with van der Waals surface area (Å²) in [6.45, 7) is 3.74. The first-order valence-electron chi connectivity index (χ1n) is 11.1. The van der Waals surface area contributed by atoms with Gasteiger partial charge in [-0.05, 0) is 37.1 Å². The number of amides is 4. The second kappa shape index (κ2) is 10.8. The fourth-order valence-electron chi connectivity index (χ4n) is 3.93. The number of imide groups is 1. The molecular weight excluding hydrogens is 438 g/mol. The summed E-state index contributed by atoms with van der Waals surface area (Å²) in [6.07, 6.45) is 0.846. The average molecular weight is 468 g/mol. The number of hydrazine groups is 1. The van der Waals surface area contributed by atoms with Gasteiger partial charge < -0.3 is 9.47 Å². The Kier molecular flexibility index (Phi) is 7.88. The quantitative estimate of drug-likeness (QED) is 0.473. The van der Waals surface area contributed by atoms with E-state index < -0.39 is 29.7 Å². The first-order valence-corrected chi connectivity index (χ1v) is 11.1. The van der Waals surface area contributed by atoms with Crippen LogP contribution in [-0.2, 0) is 14.4 Å². The largest absolute Gasteiger partial charge is 0.497 e. The van der Waals surface area contributed by atoms with E-state index in [4.69, 9.17) is 9.47 Å². The standard InChI is InChI=1S/C25H29N3O6/c1-5-16(6-2)23(30)26-28(24(31)19-12-7-8-13-21(19)34-4)20-15-22(29)27(25(20)32)17-10-9-11-18(14-17)33-3/h7-14,16,20H,5-6,15H2,1-4H3,(H,26,30). The maximum Gasteiger partial charge on any atom is 0.276 e. The predicted octanol–water partition coefficient (Wildman–Crippen LogP) is 2.95. The number of benzene rings is 2. The second-order valence-corrected chi connectivity index (χ2v) is 7.85. The molecule has 0 aromatic heterocycles. The number of carbonyl (C=O) groups excluding carboxylic acids is 4. The van der Waals surface area contributed by atoms with E-state index in [0.29, 0.717) is 24.3 Å². The van der Waals surface area contributed by atoms with Crippen LogP contribution in [0.2, 0.25) is 0 Å². The minimum atomic E-state index is -1.21. The van der Waals surface area contributed by atoms with Crippen molar-refractivity contribution in [2.24, 2.45) is 5.92 Å². The minimum Gasteiger partial charge on any atom is -0.497 e. The molecule has 1 aliphatic rings. The summed E-state index contributed by atoms with van der Waals surface area (Å²) in [4.78, 5) is 53.8. The van der Waals surface area contributed by atoms with Crippen LogP contribution in [0.4, 0.5) is 5.69 Å². The molecular formula is C25H29N3O6. The van der Waals surface area contributed by atoms with Crippen LogP contribution in [0.15, 0.2) is 48.5 Å². The number of anilines is 1. The molecule has 0 radical (unpaired) electrons. The third-order valence-corrected chi connectivity index (χ3v) is 5.89. The number of hydrogen-bond donors (Lipinski definition) is 1. The van der Waals surface area contributed by atoms with Gasteiger partial charge in [0.1, 0.15) is 17.5 Å². The zero-order valence-corrected chi connectivity index (χ0v) is 19.7. The van der Waals surface area contributed by atoms with Gasteiger partial charge in [-0.3, -0.25) is 24.6 Å². The summed E-state index contributed by atoms with van der Waals surface area (Å²) in [5.41, 5.74) is 3.11. The van der Waals surface area contributed by atoms with E-state index in [1.54, 1.807) is 48.5 Å². The lowest BCUT2D eigenvalue weighted by Gasteiger charge is -2.29. The summed E-state index contributed by atoms with van der Waals surface area (Å²) >= 11 is 0. The lowest BCUT2D eigenvalue weighted by Crippen LogP contribution is -2.55. The van der Waals surface area contributed by atoms with Crippen LogP contribution in [0.25, 0.3) is 0 Å². The maximum absolute atomic E-state index is 13.6. The van der Waals surface area contributed by atoms with Crippen molar-refractivity contribution < 1.29 is 28.7 Å². The Hall–Kier alpha value is -3.88. The molecule has 0 aliphatic carbocycles. The molecule has 0 bridgehead atoms. The van der Waals surface area contributed by atoms with Gasteiger partial charge in [0.15, 0.2) is 0 Å². The molecule has 9 nitrogen and oxygen atoms in total. The maximum atomic E-state index is 13.6. The Bertz CT molecular complexity index is 1080. The van der Waals surface area contributed by atoms with Gasteiger partial charge in [0.05, 0.1) is 31.9 Å². The van der Waals surface area contributed by atoms with Gasteiger partial charge in [0, 0.05) is 12.0 Å². The fraction of sp³-hybridized carbons (Fsp3) is 0.360. The molecule has 2 aromatic carbocycles. The van der Waals surface area contributed by atoms with E-state index >= 15 is 0 Å². The SMILES string of the molecule is CCC(CC)C(=O)NN(C(=O)c1ccccc1OC)C1CC(=O)N(c2cccc(OC)c2)C1=O. The number of carbonyl (C=O) groups is 4. The fourth-order valence-corrected chi connectivity index (χ4v) is 3.93. The van der Waals surface area contributed by atoms with E-state index in [2.05, 4.69) is 5.43 Å². The van der Waals surface area contributed by atoms with Crippen LogP contribution in [-0.4, -0.2) is 48.9 Å². The van der Waals surface area contributed by atoms with Crippen molar-refractivity contribution in [1.29, 1.82) is 0 Å². The third kappa shape index (κ3) is 4.88. The van der Waals surface area contributed by atoms with E-state index in [1.165, 1.54) is 14.2 Å². The molecule has 2 aromatic rings.